The second-order valence-corrected chi connectivity index (χ2v) is 8.34. The minimum atomic E-state index is -0.469. The van der Waals surface area contributed by atoms with Crippen LogP contribution in [0.25, 0.3) is 0 Å². The van der Waals surface area contributed by atoms with Gasteiger partial charge in [-0.25, -0.2) is 0 Å². The van der Waals surface area contributed by atoms with Gasteiger partial charge in [-0.15, -0.1) is 0 Å². The molecule has 116 valence electrons. The first kappa shape index (κ1) is 17.5. The summed E-state index contributed by atoms with van der Waals surface area (Å²) in [6.07, 6.45) is 0.265. The van der Waals surface area contributed by atoms with Gasteiger partial charge in [0.25, 0.3) is 0 Å². The minimum absolute atomic E-state index is 0.225. The van der Waals surface area contributed by atoms with Gasteiger partial charge in [0.1, 0.15) is 5.60 Å². The predicted octanol–water partition coefficient (Wildman–Crippen LogP) is 3.59. The van der Waals surface area contributed by atoms with Crippen LogP contribution >= 0.6 is 0 Å². The molecule has 1 aliphatic rings. The molecule has 0 unspecified atom stereocenters. The topological polar surface area (TPSA) is 44.8 Å². The summed E-state index contributed by atoms with van der Waals surface area (Å²) in [6, 6.07) is 0. The van der Waals surface area contributed by atoms with Crippen LogP contribution in [0.5, 0.6) is 0 Å². The molecule has 0 atom stereocenters. The number of hydrogen-bond acceptors (Lipinski definition) is 4. The Bertz CT molecular complexity index is 364. The Morgan fingerprint density at radius 1 is 1.00 bits per heavy atom. The molecule has 1 aliphatic heterocycles. The molecule has 5 heteroatoms. The van der Waals surface area contributed by atoms with E-state index < -0.39 is 18.0 Å². The van der Waals surface area contributed by atoms with E-state index in [4.69, 9.17) is 14.0 Å². The molecule has 0 bridgehead atoms. The predicted molar refractivity (Wildman–Crippen MR) is 80.6 cm³/mol. The maximum Gasteiger partial charge on any atom is 0.464 e. The van der Waals surface area contributed by atoms with Crippen molar-refractivity contribution in [1.29, 1.82) is 0 Å². The van der Waals surface area contributed by atoms with Gasteiger partial charge in [0, 0.05) is 11.7 Å². The smallest absolute Gasteiger partial charge is 0.460 e. The minimum Gasteiger partial charge on any atom is -0.460 e. The molecule has 1 heterocycles. The molecular weight excluding hydrogens is 255 g/mol. The summed E-state index contributed by atoms with van der Waals surface area (Å²) in [5, 5.41) is -0.437. The number of esters is 1. The highest BCUT2D eigenvalue weighted by molar-refractivity contribution is 6.49. The third-order valence-corrected chi connectivity index (χ3v) is 3.91. The van der Waals surface area contributed by atoms with Crippen LogP contribution in [0.4, 0.5) is 0 Å². The molecule has 1 saturated heterocycles. The molecule has 0 saturated carbocycles. The highest BCUT2D eigenvalue weighted by Crippen LogP contribution is 2.46. The molecule has 0 amide bonds. The normalized spacial score (nSPS) is 21.9. The Hall–Kier alpha value is -0.545. The Morgan fingerprint density at radius 2 is 1.40 bits per heavy atom. The third-order valence-electron chi connectivity index (χ3n) is 3.91. The quantitative estimate of drug-likeness (QED) is 0.587. The van der Waals surface area contributed by atoms with Gasteiger partial charge in [0.15, 0.2) is 0 Å². The van der Waals surface area contributed by atoms with Gasteiger partial charge >= 0.3 is 13.1 Å². The van der Waals surface area contributed by atoms with Crippen LogP contribution in [0.1, 0.15) is 68.7 Å². The Morgan fingerprint density at radius 3 is 1.75 bits per heavy atom. The van der Waals surface area contributed by atoms with Gasteiger partial charge in [0.05, 0.1) is 11.2 Å². The van der Waals surface area contributed by atoms with Gasteiger partial charge in [-0.05, 0) is 48.5 Å². The molecular formula is C15H29BO4. The maximum atomic E-state index is 12.0. The largest absolute Gasteiger partial charge is 0.464 e. The molecule has 0 aromatic heterocycles. The summed E-state index contributed by atoms with van der Waals surface area (Å²) >= 11 is 0. The van der Waals surface area contributed by atoms with Crippen LogP contribution in [-0.2, 0) is 18.8 Å². The van der Waals surface area contributed by atoms with Crippen molar-refractivity contribution in [2.75, 3.05) is 0 Å². The van der Waals surface area contributed by atoms with Crippen LogP contribution in [0.3, 0.4) is 0 Å². The average Bonchev–Trinajstić information content (AvgIpc) is 2.31. The fourth-order valence-corrected chi connectivity index (χ4v) is 2.00. The molecule has 1 fully saturated rings. The van der Waals surface area contributed by atoms with E-state index in [-0.39, 0.29) is 23.6 Å². The van der Waals surface area contributed by atoms with E-state index in [2.05, 4.69) is 0 Å². The summed E-state index contributed by atoms with van der Waals surface area (Å²) in [5.74, 6) is -0.225. The maximum absolute atomic E-state index is 12.0. The molecule has 4 nitrogen and oxygen atoms in total. The van der Waals surface area contributed by atoms with E-state index in [9.17, 15) is 4.79 Å². The zero-order chi connectivity index (χ0) is 16.0. The van der Waals surface area contributed by atoms with Gasteiger partial charge in [-0.2, -0.15) is 0 Å². The molecule has 0 aromatic rings. The van der Waals surface area contributed by atoms with E-state index in [1.807, 2.05) is 62.3 Å². The van der Waals surface area contributed by atoms with E-state index in [1.54, 1.807) is 0 Å². The molecule has 0 N–H and O–H groups in total. The Labute approximate surface area is 123 Å². The Balaban J connectivity index is 2.74. The zero-order valence-electron chi connectivity index (χ0n) is 14.4. The van der Waals surface area contributed by atoms with Crippen molar-refractivity contribution in [2.24, 2.45) is 0 Å². The number of carbonyl (C=O) groups is 1. The van der Waals surface area contributed by atoms with Crippen molar-refractivity contribution in [3.63, 3.8) is 0 Å². The average molecular weight is 284 g/mol. The van der Waals surface area contributed by atoms with Gasteiger partial charge in [-0.3, -0.25) is 4.79 Å². The molecule has 0 spiro atoms. The monoisotopic (exact) mass is 284 g/mol. The van der Waals surface area contributed by atoms with Crippen LogP contribution in [-0.4, -0.2) is 29.9 Å². The molecule has 0 radical (unpaired) electrons. The lowest BCUT2D eigenvalue weighted by molar-refractivity contribution is -0.155. The second kappa shape index (κ2) is 5.02. The first-order valence-corrected chi connectivity index (χ1v) is 7.24. The van der Waals surface area contributed by atoms with Gasteiger partial charge < -0.3 is 14.0 Å². The summed E-state index contributed by atoms with van der Waals surface area (Å²) in [5.41, 5.74) is -1.24. The van der Waals surface area contributed by atoms with Crippen molar-refractivity contribution >= 4 is 13.1 Å². The lowest BCUT2D eigenvalue weighted by Crippen LogP contribution is -2.41. The van der Waals surface area contributed by atoms with Crippen molar-refractivity contribution in [3.8, 4) is 0 Å². The SMILES string of the molecule is CC(C)(C)OC(=O)CC(C)(C)B1OC(C)(C)C(C)(C)O1. The van der Waals surface area contributed by atoms with Crippen LogP contribution < -0.4 is 0 Å². The van der Waals surface area contributed by atoms with Gasteiger partial charge in [0.2, 0.25) is 0 Å². The molecule has 20 heavy (non-hydrogen) atoms. The number of ether oxygens (including phenoxy) is 1. The summed E-state index contributed by atoms with van der Waals surface area (Å²) in [4.78, 5) is 12.0. The van der Waals surface area contributed by atoms with E-state index in [0.29, 0.717) is 0 Å². The number of rotatable bonds is 3. The highest BCUT2D eigenvalue weighted by Gasteiger charge is 2.56. The van der Waals surface area contributed by atoms with E-state index >= 15 is 0 Å². The van der Waals surface area contributed by atoms with E-state index in [0.717, 1.165) is 0 Å². The summed E-state index contributed by atoms with van der Waals surface area (Å²) in [6.45, 7) is 17.6. The van der Waals surface area contributed by atoms with Crippen molar-refractivity contribution < 1.29 is 18.8 Å². The van der Waals surface area contributed by atoms with E-state index in [1.165, 1.54) is 0 Å². The number of hydrogen-bond donors (Lipinski definition) is 0. The van der Waals surface area contributed by atoms with Crippen molar-refractivity contribution in [2.45, 2.75) is 90.9 Å². The first-order valence-electron chi connectivity index (χ1n) is 7.24. The third kappa shape index (κ3) is 3.98. The standard InChI is InChI=1S/C15H29BO4/c1-12(2,3)18-11(17)10-13(4,5)16-19-14(6,7)15(8,9)20-16/h10H2,1-9H3. The molecule has 0 aromatic carbocycles. The lowest BCUT2D eigenvalue weighted by Gasteiger charge is -2.32. The highest BCUT2D eigenvalue weighted by atomic mass is 16.7. The second-order valence-electron chi connectivity index (χ2n) is 8.34. The van der Waals surface area contributed by atoms with Crippen molar-refractivity contribution in [1.82, 2.24) is 0 Å². The molecule has 0 aliphatic carbocycles. The number of carbonyl (C=O) groups excluding carboxylic acids is 1. The summed E-state index contributed by atoms with van der Waals surface area (Å²) < 4.78 is 17.4. The van der Waals surface area contributed by atoms with Crippen molar-refractivity contribution in [3.05, 3.63) is 0 Å². The zero-order valence-corrected chi connectivity index (χ0v) is 14.4. The van der Waals surface area contributed by atoms with Crippen LogP contribution in [0.15, 0.2) is 0 Å². The fourth-order valence-electron chi connectivity index (χ4n) is 2.00. The lowest BCUT2D eigenvalue weighted by atomic mass is 9.58. The van der Waals surface area contributed by atoms with Gasteiger partial charge in [-0.1, -0.05) is 13.8 Å². The summed E-state index contributed by atoms with van der Waals surface area (Å²) in [7, 11) is -0.417. The Kier molecular flexibility index (Phi) is 4.40. The van der Waals surface area contributed by atoms with Crippen LogP contribution in [0.2, 0.25) is 5.31 Å². The fraction of sp³-hybridized carbons (Fsp3) is 0.933. The first-order chi connectivity index (χ1) is 8.66. The van der Waals surface area contributed by atoms with Crippen LogP contribution in [0, 0.1) is 0 Å². The molecule has 1 rings (SSSR count).